The first-order valence-corrected chi connectivity index (χ1v) is 15.7. The Balaban J connectivity index is 1.72. The van der Waals surface area contributed by atoms with Crippen LogP contribution < -0.4 is 19.2 Å². The number of aromatic nitrogens is 1. The summed E-state index contributed by atoms with van der Waals surface area (Å²) in [6, 6.07) is 12.9. The molecule has 0 saturated carbocycles. The zero-order valence-corrected chi connectivity index (χ0v) is 27.0. The van der Waals surface area contributed by atoms with Gasteiger partial charge < -0.3 is 23.7 Å². The molecule has 0 radical (unpaired) electrons. The van der Waals surface area contributed by atoms with Crippen molar-refractivity contribution >= 4 is 48.8 Å². The molecular formula is C30H33FN4O8S2. The van der Waals surface area contributed by atoms with E-state index < -0.39 is 21.7 Å². The molecule has 0 bridgehead atoms. The van der Waals surface area contributed by atoms with Crippen molar-refractivity contribution in [1.82, 2.24) is 9.29 Å². The van der Waals surface area contributed by atoms with E-state index in [1.54, 1.807) is 12.1 Å². The minimum Gasteiger partial charge on any atom is -0.493 e. The predicted octanol–water partition coefficient (Wildman–Crippen LogP) is 4.43. The zero-order chi connectivity index (χ0) is 32.6. The van der Waals surface area contributed by atoms with E-state index in [1.165, 1.54) is 88.5 Å². The molecule has 240 valence electrons. The second-order valence-corrected chi connectivity index (χ2v) is 12.3. The van der Waals surface area contributed by atoms with Gasteiger partial charge in [-0.3, -0.25) is 4.79 Å². The fraction of sp³-hybridized carbons (Fsp3) is 0.300. The Morgan fingerprint density at radius 3 is 2.09 bits per heavy atom. The molecule has 0 fully saturated rings. The number of methoxy groups -OCH3 is 5. The second kappa shape index (κ2) is 15.2. The number of sulfonamides is 1. The summed E-state index contributed by atoms with van der Waals surface area (Å²) in [7, 11) is 3.50. The molecule has 0 atom stereocenters. The fourth-order valence-corrected chi connectivity index (χ4v) is 6.60. The van der Waals surface area contributed by atoms with Gasteiger partial charge in [0.25, 0.3) is 5.91 Å². The van der Waals surface area contributed by atoms with Gasteiger partial charge >= 0.3 is 0 Å². The molecule has 45 heavy (non-hydrogen) atoms. The molecule has 0 aliphatic rings. The molecule has 1 heterocycles. The molecule has 4 rings (SSSR count). The highest BCUT2D eigenvalue weighted by molar-refractivity contribution is 7.89. The van der Waals surface area contributed by atoms with Crippen LogP contribution >= 0.6 is 11.3 Å². The first-order chi connectivity index (χ1) is 21.7. The Hall–Kier alpha value is -4.15. The number of carbonyl (C=O) groups excluding carboxylic acids is 1. The molecule has 0 saturated heterocycles. The first kappa shape index (κ1) is 33.7. The van der Waals surface area contributed by atoms with Crippen LogP contribution in [0, 0.1) is 5.82 Å². The minimum absolute atomic E-state index is 0.00538. The third-order valence-corrected chi connectivity index (χ3v) is 9.46. The lowest BCUT2D eigenvalue weighted by Gasteiger charge is -2.21. The van der Waals surface area contributed by atoms with Crippen LogP contribution in [0.1, 0.15) is 15.9 Å². The average Bonchev–Trinajstić information content (AvgIpc) is 3.46. The molecule has 0 aliphatic carbocycles. The number of fused-ring (bicyclic) bond motifs is 1. The molecular weight excluding hydrogens is 627 g/mol. The van der Waals surface area contributed by atoms with E-state index >= 15 is 0 Å². The van der Waals surface area contributed by atoms with Crippen molar-refractivity contribution in [2.24, 2.45) is 5.10 Å². The monoisotopic (exact) mass is 660 g/mol. The van der Waals surface area contributed by atoms with Gasteiger partial charge in [0.2, 0.25) is 20.9 Å². The van der Waals surface area contributed by atoms with Crippen LogP contribution in [0.3, 0.4) is 0 Å². The quantitative estimate of drug-likeness (QED) is 0.134. The van der Waals surface area contributed by atoms with Crippen molar-refractivity contribution in [1.29, 1.82) is 0 Å². The van der Waals surface area contributed by atoms with E-state index in [2.05, 4.69) is 10.1 Å². The number of rotatable bonds is 15. The zero-order valence-electron chi connectivity index (χ0n) is 25.4. The third kappa shape index (κ3) is 7.75. The van der Waals surface area contributed by atoms with E-state index in [9.17, 15) is 17.6 Å². The predicted molar refractivity (Wildman–Crippen MR) is 169 cm³/mol. The number of nitrogens with zero attached hydrogens (tertiary/aromatic N) is 4. The van der Waals surface area contributed by atoms with Gasteiger partial charge in [-0.05, 0) is 54.6 Å². The van der Waals surface area contributed by atoms with Gasteiger partial charge in [0.05, 0.1) is 55.9 Å². The summed E-state index contributed by atoms with van der Waals surface area (Å²) >= 11 is 1.07. The fourth-order valence-electron chi connectivity index (χ4n) is 4.25. The topological polar surface area (TPSA) is 129 Å². The SMILES string of the molecule is COCCN(CCOC)S(=O)(=O)c1ccc(C(=O)N(/N=C/c2cc(OC)c(OC)c(OC)c2)c2nc3ccc(F)cc3s2)cc1. The molecule has 0 aliphatic heterocycles. The Morgan fingerprint density at radius 1 is 0.911 bits per heavy atom. The molecule has 1 aromatic heterocycles. The second-order valence-electron chi connectivity index (χ2n) is 9.34. The van der Waals surface area contributed by atoms with Crippen molar-refractivity contribution in [3.05, 3.63) is 71.5 Å². The minimum atomic E-state index is -3.91. The van der Waals surface area contributed by atoms with E-state index in [0.29, 0.717) is 33.0 Å². The van der Waals surface area contributed by atoms with Crippen molar-refractivity contribution in [3.8, 4) is 17.2 Å². The van der Waals surface area contributed by atoms with Crippen molar-refractivity contribution < 1.29 is 41.3 Å². The number of hydrogen-bond acceptors (Lipinski definition) is 11. The van der Waals surface area contributed by atoms with Crippen LogP contribution in [0.25, 0.3) is 10.2 Å². The van der Waals surface area contributed by atoms with E-state index in [0.717, 1.165) is 16.3 Å². The van der Waals surface area contributed by atoms with Crippen LogP contribution in [0.4, 0.5) is 9.52 Å². The number of anilines is 1. The molecule has 1 amide bonds. The summed E-state index contributed by atoms with van der Waals surface area (Å²) in [6.07, 6.45) is 1.41. The largest absolute Gasteiger partial charge is 0.493 e. The molecule has 15 heteroatoms. The number of benzene rings is 3. The van der Waals surface area contributed by atoms with E-state index in [4.69, 9.17) is 23.7 Å². The lowest BCUT2D eigenvalue weighted by atomic mass is 10.2. The van der Waals surface area contributed by atoms with Gasteiger partial charge in [0, 0.05) is 38.4 Å². The van der Waals surface area contributed by atoms with Gasteiger partial charge in [-0.1, -0.05) is 11.3 Å². The Bertz CT molecular complexity index is 1730. The number of carbonyl (C=O) groups is 1. The molecule has 0 spiro atoms. The van der Waals surface area contributed by atoms with Gasteiger partial charge in [0.15, 0.2) is 11.5 Å². The van der Waals surface area contributed by atoms with Crippen LogP contribution in [0.2, 0.25) is 0 Å². The van der Waals surface area contributed by atoms with Crippen molar-refractivity contribution in [2.45, 2.75) is 4.90 Å². The number of ether oxygens (including phenoxy) is 5. The molecule has 12 nitrogen and oxygen atoms in total. The molecule has 4 aromatic rings. The van der Waals surface area contributed by atoms with Gasteiger partial charge in [-0.25, -0.2) is 17.8 Å². The first-order valence-electron chi connectivity index (χ1n) is 13.5. The summed E-state index contributed by atoms with van der Waals surface area (Å²) in [6.45, 7) is 0.657. The van der Waals surface area contributed by atoms with E-state index in [-0.39, 0.29) is 41.9 Å². The average molecular weight is 661 g/mol. The lowest BCUT2D eigenvalue weighted by Crippen LogP contribution is -2.36. The summed E-state index contributed by atoms with van der Waals surface area (Å²) in [5.41, 5.74) is 1.13. The molecule has 0 N–H and O–H groups in total. The Kier molecular flexibility index (Phi) is 11.4. The molecule has 3 aromatic carbocycles. The van der Waals surface area contributed by atoms with Crippen molar-refractivity contribution in [3.63, 3.8) is 0 Å². The number of hydrogen-bond donors (Lipinski definition) is 0. The maximum atomic E-state index is 13.9. The van der Waals surface area contributed by atoms with Gasteiger partial charge in [-0.15, -0.1) is 0 Å². The number of amides is 1. The van der Waals surface area contributed by atoms with Crippen LogP contribution in [0.5, 0.6) is 17.2 Å². The number of halogens is 1. The standard InChI is InChI=1S/C30H33FN4O8S2/c1-39-14-12-34(13-15-40-2)45(37,38)23-9-6-21(7-10-23)29(36)35(30-33-24-11-8-22(31)18-27(24)44-30)32-19-20-16-25(41-3)28(43-5)26(17-20)42-4/h6-11,16-19H,12-15H2,1-5H3/b32-19+. The lowest BCUT2D eigenvalue weighted by molar-refractivity contribution is 0.0987. The number of hydrazone groups is 1. The van der Waals surface area contributed by atoms with Crippen LogP contribution in [-0.2, 0) is 19.5 Å². The number of thiazole rings is 1. The highest BCUT2D eigenvalue weighted by Crippen LogP contribution is 2.38. The maximum absolute atomic E-state index is 13.9. The van der Waals surface area contributed by atoms with E-state index in [1.807, 2.05) is 0 Å². The molecule has 0 unspecified atom stereocenters. The summed E-state index contributed by atoms with van der Waals surface area (Å²) < 4.78 is 68.7. The van der Waals surface area contributed by atoms with Crippen LogP contribution in [0.15, 0.2) is 64.6 Å². The van der Waals surface area contributed by atoms with Crippen molar-refractivity contribution in [2.75, 3.05) is 66.9 Å². The summed E-state index contributed by atoms with van der Waals surface area (Å²) in [4.78, 5) is 18.4. The van der Waals surface area contributed by atoms with Crippen LogP contribution in [-0.4, -0.2) is 91.7 Å². The van der Waals surface area contributed by atoms with Gasteiger partial charge in [-0.2, -0.15) is 14.4 Å². The Morgan fingerprint density at radius 2 is 1.53 bits per heavy atom. The normalized spacial score (nSPS) is 11.8. The third-order valence-electron chi connectivity index (χ3n) is 6.55. The highest BCUT2D eigenvalue weighted by Gasteiger charge is 2.26. The summed E-state index contributed by atoms with van der Waals surface area (Å²) in [5.74, 6) is 0.106. The van der Waals surface area contributed by atoms with Gasteiger partial charge in [0.1, 0.15) is 5.82 Å². The smallest absolute Gasteiger partial charge is 0.280 e. The summed E-state index contributed by atoms with van der Waals surface area (Å²) in [5, 5.41) is 5.68. The Labute approximate surface area is 264 Å². The highest BCUT2D eigenvalue weighted by atomic mass is 32.2. The maximum Gasteiger partial charge on any atom is 0.280 e.